The second-order valence-electron chi connectivity index (χ2n) is 5.14. The molecule has 1 unspecified atom stereocenters. The quantitative estimate of drug-likeness (QED) is 0.901. The highest BCUT2D eigenvalue weighted by Crippen LogP contribution is 2.17. The number of benzene rings is 1. The molecule has 2 rings (SSSR count). The van der Waals surface area contributed by atoms with Crippen molar-refractivity contribution in [2.75, 3.05) is 0 Å². The molecular weight excluding hydrogens is 222 g/mol. The Labute approximate surface area is 109 Å². The van der Waals surface area contributed by atoms with Crippen LogP contribution in [-0.4, -0.2) is 9.78 Å². The maximum absolute atomic E-state index is 6.28. The molecule has 96 valence electrons. The van der Waals surface area contributed by atoms with Gasteiger partial charge in [-0.05, 0) is 39.3 Å². The average molecular weight is 243 g/mol. The lowest BCUT2D eigenvalue weighted by Crippen LogP contribution is -2.19. The maximum atomic E-state index is 6.28. The summed E-state index contributed by atoms with van der Waals surface area (Å²) in [5, 5.41) is 4.46. The van der Waals surface area contributed by atoms with Gasteiger partial charge < -0.3 is 5.73 Å². The number of aromatic nitrogens is 2. The number of hydrogen-bond acceptors (Lipinski definition) is 2. The lowest BCUT2D eigenvalue weighted by atomic mass is 10.0. The number of hydrogen-bond donors (Lipinski definition) is 1. The van der Waals surface area contributed by atoms with E-state index < -0.39 is 0 Å². The highest BCUT2D eigenvalue weighted by Gasteiger charge is 2.10. The lowest BCUT2D eigenvalue weighted by molar-refractivity contribution is 0.514. The lowest BCUT2D eigenvalue weighted by Gasteiger charge is -2.15. The second kappa shape index (κ2) is 4.94. The van der Waals surface area contributed by atoms with Gasteiger partial charge in [0, 0.05) is 11.7 Å². The topological polar surface area (TPSA) is 43.8 Å². The van der Waals surface area contributed by atoms with Crippen LogP contribution in [0, 0.1) is 27.7 Å². The molecule has 0 aliphatic rings. The van der Waals surface area contributed by atoms with Gasteiger partial charge in [0.25, 0.3) is 0 Å². The fraction of sp³-hybridized carbons (Fsp3) is 0.400. The fourth-order valence-electron chi connectivity index (χ4n) is 2.38. The molecule has 0 spiro atoms. The Balaban J connectivity index is 2.21. The van der Waals surface area contributed by atoms with E-state index in [4.69, 9.17) is 5.73 Å². The highest BCUT2D eigenvalue weighted by atomic mass is 15.3. The third-order valence-electron chi connectivity index (χ3n) is 3.15. The van der Waals surface area contributed by atoms with Crippen LogP contribution in [0.2, 0.25) is 0 Å². The summed E-state index contributed by atoms with van der Waals surface area (Å²) in [5.41, 5.74) is 12.2. The molecule has 3 nitrogen and oxygen atoms in total. The van der Waals surface area contributed by atoms with Crippen molar-refractivity contribution in [3.05, 3.63) is 52.3 Å². The Morgan fingerprint density at radius 1 is 1.06 bits per heavy atom. The number of rotatable bonds is 3. The van der Waals surface area contributed by atoms with Crippen molar-refractivity contribution >= 4 is 0 Å². The first-order chi connectivity index (χ1) is 8.45. The molecule has 2 aromatic rings. The molecule has 0 saturated carbocycles. The molecule has 0 saturated heterocycles. The Hall–Kier alpha value is -1.61. The van der Waals surface area contributed by atoms with Gasteiger partial charge in [0.05, 0.1) is 12.2 Å². The molecule has 1 atom stereocenters. The zero-order valence-corrected chi connectivity index (χ0v) is 11.6. The van der Waals surface area contributed by atoms with E-state index in [1.54, 1.807) is 0 Å². The van der Waals surface area contributed by atoms with Gasteiger partial charge in [0.2, 0.25) is 0 Å². The van der Waals surface area contributed by atoms with E-state index in [-0.39, 0.29) is 6.04 Å². The highest BCUT2D eigenvalue weighted by molar-refractivity contribution is 5.30. The summed E-state index contributed by atoms with van der Waals surface area (Å²) >= 11 is 0. The molecule has 1 heterocycles. The number of nitrogens with two attached hydrogens (primary N) is 1. The summed E-state index contributed by atoms with van der Waals surface area (Å²) in [4.78, 5) is 0. The van der Waals surface area contributed by atoms with Crippen molar-refractivity contribution in [2.24, 2.45) is 5.73 Å². The Kier molecular flexibility index (Phi) is 3.53. The average Bonchev–Trinajstić information content (AvgIpc) is 2.56. The van der Waals surface area contributed by atoms with E-state index in [2.05, 4.69) is 50.1 Å². The van der Waals surface area contributed by atoms with Gasteiger partial charge >= 0.3 is 0 Å². The SMILES string of the molecule is Cc1cc(C)cc(C(N)Cn2nc(C)cc2C)c1. The number of nitrogens with zero attached hydrogens (tertiary/aromatic N) is 2. The first-order valence-electron chi connectivity index (χ1n) is 6.30. The van der Waals surface area contributed by atoms with Crippen LogP contribution < -0.4 is 5.73 Å². The van der Waals surface area contributed by atoms with Crippen LogP contribution in [0.15, 0.2) is 24.3 Å². The minimum atomic E-state index is -0.0124. The van der Waals surface area contributed by atoms with E-state index in [0.717, 1.165) is 17.9 Å². The Bertz CT molecular complexity index is 535. The zero-order chi connectivity index (χ0) is 13.3. The first kappa shape index (κ1) is 12.8. The van der Waals surface area contributed by atoms with Gasteiger partial charge in [0.15, 0.2) is 0 Å². The van der Waals surface area contributed by atoms with Gasteiger partial charge in [0.1, 0.15) is 0 Å². The summed E-state index contributed by atoms with van der Waals surface area (Å²) < 4.78 is 1.98. The third-order valence-corrected chi connectivity index (χ3v) is 3.15. The molecule has 18 heavy (non-hydrogen) atoms. The molecule has 1 aromatic carbocycles. The van der Waals surface area contributed by atoms with Crippen LogP contribution in [0.4, 0.5) is 0 Å². The molecule has 0 aliphatic carbocycles. The van der Waals surface area contributed by atoms with Crippen LogP contribution in [0.1, 0.15) is 34.1 Å². The standard InChI is InChI=1S/C15H21N3/c1-10-5-11(2)7-14(6-10)15(16)9-18-13(4)8-12(3)17-18/h5-8,15H,9,16H2,1-4H3. The van der Waals surface area contributed by atoms with Gasteiger partial charge in [-0.1, -0.05) is 29.3 Å². The van der Waals surface area contributed by atoms with Crippen molar-refractivity contribution in [1.29, 1.82) is 0 Å². The van der Waals surface area contributed by atoms with Crippen molar-refractivity contribution in [3.8, 4) is 0 Å². The van der Waals surface area contributed by atoms with E-state index in [1.165, 1.54) is 16.7 Å². The maximum Gasteiger partial charge on any atom is 0.0605 e. The van der Waals surface area contributed by atoms with Crippen LogP contribution >= 0.6 is 0 Å². The second-order valence-corrected chi connectivity index (χ2v) is 5.14. The summed E-state index contributed by atoms with van der Waals surface area (Å²) in [5.74, 6) is 0. The van der Waals surface area contributed by atoms with E-state index in [9.17, 15) is 0 Å². The molecule has 0 radical (unpaired) electrons. The fourth-order valence-corrected chi connectivity index (χ4v) is 2.38. The first-order valence-corrected chi connectivity index (χ1v) is 6.30. The Morgan fingerprint density at radius 2 is 1.67 bits per heavy atom. The summed E-state index contributed by atoms with van der Waals surface area (Å²) in [6.45, 7) is 9.00. The van der Waals surface area contributed by atoms with Crippen LogP contribution in [0.3, 0.4) is 0 Å². The molecule has 2 N–H and O–H groups in total. The summed E-state index contributed by atoms with van der Waals surface area (Å²) in [7, 11) is 0. The molecule has 0 fully saturated rings. The Morgan fingerprint density at radius 3 is 2.17 bits per heavy atom. The molecule has 0 bridgehead atoms. The van der Waals surface area contributed by atoms with Crippen molar-refractivity contribution in [3.63, 3.8) is 0 Å². The minimum absolute atomic E-state index is 0.0124. The van der Waals surface area contributed by atoms with Crippen molar-refractivity contribution in [1.82, 2.24) is 9.78 Å². The van der Waals surface area contributed by atoms with E-state index >= 15 is 0 Å². The van der Waals surface area contributed by atoms with Crippen molar-refractivity contribution < 1.29 is 0 Å². The van der Waals surface area contributed by atoms with Crippen molar-refractivity contribution in [2.45, 2.75) is 40.3 Å². The zero-order valence-electron chi connectivity index (χ0n) is 11.6. The molecule has 1 aromatic heterocycles. The van der Waals surface area contributed by atoms with Gasteiger partial charge in [-0.3, -0.25) is 4.68 Å². The predicted molar refractivity (Wildman–Crippen MR) is 74.5 cm³/mol. The predicted octanol–water partition coefficient (Wildman–Crippen LogP) is 2.82. The van der Waals surface area contributed by atoms with Gasteiger partial charge in [-0.15, -0.1) is 0 Å². The monoisotopic (exact) mass is 243 g/mol. The van der Waals surface area contributed by atoms with E-state index in [0.29, 0.717) is 0 Å². The van der Waals surface area contributed by atoms with Gasteiger partial charge in [-0.25, -0.2) is 0 Å². The third kappa shape index (κ3) is 2.79. The molecule has 0 aliphatic heterocycles. The van der Waals surface area contributed by atoms with Crippen LogP contribution in [0.5, 0.6) is 0 Å². The van der Waals surface area contributed by atoms with Gasteiger partial charge in [-0.2, -0.15) is 5.10 Å². The molecular formula is C15H21N3. The van der Waals surface area contributed by atoms with Crippen LogP contribution in [-0.2, 0) is 6.54 Å². The molecule has 3 heteroatoms. The smallest absolute Gasteiger partial charge is 0.0605 e. The minimum Gasteiger partial charge on any atom is -0.322 e. The largest absolute Gasteiger partial charge is 0.322 e. The molecule has 0 amide bonds. The summed E-state index contributed by atoms with van der Waals surface area (Å²) in [6.07, 6.45) is 0. The normalized spacial score (nSPS) is 12.7. The van der Waals surface area contributed by atoms with Crippen LogP contribution in [0.25, 0.3) is 0 Å². The number of aryl methyl sites for hydroxylation is 4. The summed E-state index contributed by atoms with van der Waals surface area (Å²) in [6, 6.07) is 8.54. The van der Waals surface area contributed by atoms with E-state index in [1.807, 2.05) is 11.6 Å².